The van der Waals surface area contributed by atoms with Gasteiger partial charge in [-0.25, -0.2) is 4.79 Å². The Balaban J connectivity index is 0.000000555. The van der Waals surface area contributed by atoms with E-state index < -0.39 is 15.7 Å². The number of aliphatic hydroxyl groups is 1. The quantitative estimate of drug-likeness (QED) is 0.643. The van der Waals surface area contributed by atoms with Gasteiger partial charge in [-0.05, 0) is 33.6 Å². The number of nitrogens with zero attached hydrogens (tertiary/aromatic N) is 1. The van der Waals surface area contributed by atoms with Gasteiger partial charge in [-0.3, -0.25) is 4.55 Å². The van der Waals surface area contributed by atoms with Crippen LogP contribution in [0.1, 0.15) is 33.6 Å². The summed E-state index contributed by atoms with van der Waals surface area (Å²) < 4.78 is 31.1. The molecular weight excluding hydrogens is 274 g/mol. The second-order valence-electron chi connectivity index (χ2n) is 5.43. The zero-order valence-corrected chi connectivity index (χ0v) is 12.6. The number of piperidine rings is 1. The smallest absolute Gasteiger partial charge is 0.410 e. The first kappa shape index (κ1) is 18.1. The molecule has 1 rings (SSSR count). The lowest BCUT2D eigenvalue weighted by Crippen LogP contribution is -2.42. The minimum atomic E-state index is -3.67. The van der Waals surface area contributed by atoms with Gasteiger partial charge < -0.3 is 14.7 Å². The molecule has 0 spiro atoms. The summed E-state index contributed by atoms with van der Waals surface area (Å²) >= 11 is 0. The third-order valence-corrected chi connectivity index (χ3v) is 2.12. The summed E-state index contributed by atoms with van der Waals surface area (Å²) in [5.74, 6) is 0. The van der Waals surface area contributed by atoms with Crippen molar-refractivity contribution in [1.82, 2.24) is 4.90 Å². The molecule has 0 aromatic rings. The SMILES string of the molecule is CC(C)(C)OC(=O)N1CCC(O)CC1.CS(=O)(=O)O. The highest BCUT2D eigenvalue weighted by Crippen LogP contribution is 2.14. The minimum Gasteiger partial charge on any atom is -0.444 e. The van der Waals surface area contributed by atoms with Crippen LogP contribution in [-0.4, -0.2) is 60.1 Å². The number of aliphatic hydroxyl groups excluding tert-OH is 1. The number of rotatable bonds is 0. The topological polar surface area (TPSA) is 104 Å². The van der Waals surface area contributed by atoms with E-state index in [2.05, 4.69) is 0 Å². The summed E-state index contributed by atoms with van der Waals surface area (Å²) in [5.41, 5.74) is -0.437. The van der Waals surface area contributed by atoms with Crippen LogP contribution in [0.15, 0.2) is 0 Å². The van der Waals surface area contributed by atoms with Crippen LogP contribution in [0.25, 0.3) is 0 Å². The first-order chi connectivity index (χ1) is 8.38. The number of amides is 1. The fourth-order valence-corrected chi connectivity index (χ4v) is 1.37. The first-order valence-electron chi connectivity index (χ1n) is 5.97. The number of ether oxygens (including phenoxy) is 1. The van der Waals surface area contributed by atoms with E-state index in [1.807, 2.05) is 20.8 Å². The van der Waals surface area contributed by atoms with E-state index in [-0.39, 0.29) is 12.2 Å². The van der Waals surface area contributed by atoms with Gasteiger partial charge in [-0.1, -0.05) is 0 Å². The molecule has 0 aromatic carbocycles. The highest BCUT2D eigenvalue weighted by molar-refractivity contribution is 7.85. The van der Waals surface area contributed by atoms with E-state index in [9.17, 15) is 18.3 Å². The summed E-state index contributed by atoms with van der Waals surface area (Å²) in [4.78, 5) is 13.2. The molecule has 0 bridgehead atoms. The number of hydrogen-bond acceptors (Lipinski definition) is 5. The molecule has 114 valence electrons. The predicted octanol–water partition coefficient (Wildman–Crippen LogP) is 0.882. The molecule has 0 aliphatic carbocycles. The maximum absolute atomic E-state index is 11.5. The monoisotopic (exact) mass is 297 g/mol. The van der Waals surface area contributed by atoms with Gasteiger partial charge in [0.1, 0.15) is 5.60 Å². The van der Waals surface area contributed by atoms with Crippen molar-refractivity contribution < 1.29 is 27.6 Å². The summed E-state index contributed by atoms with van der Waals surface area (Å²) in [5, 5.41) is 9.26. The van der Waals surface area contributed by atoms with Crippen LogP contribution in [0, 0.1) is 0 Å². The maximum Gasteiger partial charge on any atom is 0.410 e. The van der Waals surface area contributed by atoms with Gasteiger partial charge in [0.15, 0.2) is 0 Å². The van der Waals surface area contributed by atoms with E-state index in [1.54, 1.807) is 4.90 Å². The summed E-state index contributed by atoms with van der Waals surface area (Å²) in [6.07, 6.45) is 1.49. The fourth-order valence-electron chi connectivity index (χ4n) is 1.37. The molecule has 1 aliphatic rings. The summed E-state index contributed by atoms with van der Waals surface area (Å²) in [6, 6.07) is 0. The van der Waals surface area contributed by atoms with Crippen LogP contribution in [0.2, 0.25) is 0 Å². The Hall–Kier alpha value is -0.860. The Morgan fingerprint density at radius 3 is 1.95 bits per heavy atom. The highest BCUT2D eigenvalue weighted by atomic mass is 32.2. The van der Waals surface area contributed by atoms with Gasteiger partial charge in [0.25, 0.3) is 10.1 Å². The van der Waals surface area contributed by atoms with Gasteiger partial charge in [0, 0.05) is 13.1 Å². The summed E-state index contributed by atoms with van der Waals surface area (Å²) in [6.45, 7) is 6.74. The molecule has 0 unspecified atom stereocenters. The molecule has 0 saturated carbocycles. The maximum atomic E-state index is 11.5. The van der Waals surface area contributed by atoms with Crippen molar-refractivity contribution in [2.24, 2.45) is 0 Å². The lowest BCUT2D eigenvalue weighted by atomic mass is 10.1. The number of carbonyl (C=O) groups excluding carboxylic acids is 1. The van der Waals surface area contributed by atoms with Gasteiger partial charge in [-0.2, -0.15) is 8.42 Å². The number of hydrogen-bond donors (Lipinski definition) is 2. The third kappa shape index (κ3) is 11.9. The van der Waals surface area contributed by atoms with Crippen molar-refractivity contribution >= 4 is 16.2 Å². The van der Waals surface area contributed by atoms with Gasteiger partial charge in [0.2, 0.25) is 0 Å². The average molecular weight is 297 g/mol. The van der Waals surface area contributed by atoms with Crippen LogP contribution in [0.4, 0.5) is 4.79 Å². The standard InChI is InChI=1S/C10H19NO3.CH4O3S/c1-10(2,3)14-9(13)11-6-4-8(12)5-7-11;1-5(2,3)4/h8,12H,4-7H2,1-3H3;1H3,(H,2,3,4). The van der Waals surface area contributed by atoms with Crippen molar-refractivity contribution in [1.29, 1.82) is 0 Å². The first-order valence-corrected chi connectivity index (χ1v) is 7.82. The fraction of sp³-hybridized carbons (Fsp3) is 0.909. The number of carbonyl (C=O) groups is 1. The molecule has 19 heavy (non-hydrogen) atoms. The van der Waals surface area contributed by atoms with E-state index in [0.717, 1.165) is 0 Å². The molecule has 1 heterocycles. The molecule has 1 saturated heterocycles. The molecule has 0 atom stereocenters. The Bertz CT molecular complexity index is 370. The minimum absolute atomic E-state index is 0.256. The largest absolute Gasteiger partial charge is 0.444 e. The molecular formula is C11H23NO6S. The van der Waals surface area contributed by atoms with Gasteiger partial charge in [0.05, 0.1) is 12.4 Å². The van der Waals surface area contributed by atoms with Crippen molar-refractivity contribution in [3.63, 3.8) is 0 Å². The molecule has 7 nitrogen and oxygen atoms in total. The van der Waals surface area contributed by atoms with Gasteiger partial charge >= 0.3 is 6.09 Å². The molecule has 1 fully saturated rings. The van der Waals surface area contributed by atoms with Crippen molar-refractivity contribution in [2.75, 3.05) is 19.3 Å². The van der Waals surface area contributed by atoms with Crippen LogP contribution < -0.4 is 0 Å². The third-order valence-electron chi connectivity index (χ3n) is 2.12. The molecule has 1 amide bonds. The Labute approximate surface area is 114 Å². The van der Waals surface area contributed by atoms with Crippen molar-refractivity contribution in [3.05, 3.63) is 0 Å². The predicted molar refractivity (Wildman–Crippen MR) is 70.5 cm³/mol. The second kappa shape index (κ2) is 7.06. The summed E-state index contributed by atoms with van der Waals surface area (Å²) in [7, 11) is -3.67. The lowest BCUT2D eigenvalue weighted by Gasteiger charge is -2.31. The van der Waals surface area contributed by atoms with Crippen LogP contribution in [0.5, 0.6) is 0 Å². The van der Waals surface area contributed by atoms with Crippen LogP contribution >= 0.6 is 0 Å². The molecule has 0 radical (unpaired) electrons. The molecule has 0 aromatic heterocycles. The van der Waals surface area contributed by atoms with Crippen molar-refractivity contribution in [3.8, 4) is 0 Å². The van der Waals surface area contributed by atoms with Crippen LogP contribution in [0.3, 0.4) is 0 Å². The number of likely N-dealkylation sites (tertiary alicyclic amines) is 1. The molecule has 8 heteroatoms. The zero-order valence-electron chi connectivity index (χ0n) is 11.8. The Kier molecular flexibility index (Phi) is 6.74. The normalized spacial score (nSPS) is 17.5. The Morgan fingerprint density at radius 1 is 1.26 bits per heavy atom. The second-order valence-corrected chi connectivity index (χ2v) is 6.90. The van der Waals surface area contributed by atoms with E-state index in [1.165, 1.54) is 0 Å². The average Bonchev–Trinajstić information content (AvgIpc) is 2.12. The molecule has 1 aliphatic heterocycles. The molecule has 2 N–H and O–H groups in total. The van der Waals surface area contributed by atoms with Crippen LogP contribution in [-0.2, 0) is 14.9 Å². The van der Waals surface area contributed by atoms with Gasteiger partial charge in [-0.15, -0.1) is 0 Å². The zero-order chi connectivity index (χ0) is 15.3. The van der Waals surface area contributed by atoms with Crippen molar-refractivity contribution in [2.45, 2.75) is 45.3 Å². The lowest BCUT2D eigenvalue weighted by molar-refractivity contribution is 0.0101. The van der Waals surface area contributed by atoms with E-state index >= 15 is 0 Å². The van der Waals surface area contributed by atoms with E-state index in [4.69, 9.17) is 9.29 Å². The van der Waals surface area contributed by atoms with E-state index in [0.29, 0.717) is 32.2 Å². The highest BCUT2D eigenvalue weighted by Gasteiger charge is 2.25. The Morgan fingerprint density at radius 2 is 1.63 bits per heavy atom.